The molecule has 1 unspecified atom stereocenters. The molecule has 0 saturated heterocycles. The van der Waals surface area contributed by atoms with Crippen LogP contribution in [0, 0.1) is 0 Å². The number of aromatic nitrogens is 1. The molecule has 1 N–H and O–H groups in total. The summed E-state index contributed by atoms with van der Waals surface area (Å²) >= 11 is 6.16. The highest BCUT2D eigenvalue weighted by atomic mass is 35.5. The Morgan fingerprint density at radius 3 is 2.53 bits per heavy atom. The molecule has 182 valence electrons. The highest BCUT2D eigenvalue weighted by Gasteiger charge is 2.46. The fourth-order valence-electron chi connectivity index (χ4n) is 4.31. The van der Waals surface area contributed by atoms with E-state index in [0.717, 1.165) is 5.69 Å². The lowest BCUT2D eigenvalue weighted by atomic mass is 9.98. The molecule has 2 aromatic heterocycles. The number of ketones is 1. The number of furan rings is 1. The lowest BCUT2D eigenvalue weighted by Crippen LogP contribution is -2.31. The van der Waals surface area contributed by atoms with Crippen LogP contribution in [0.5, 0.6) is 5.75 Å². The number of aliphatic hydroxyl groups excluding tert-OH is 1. The molecule has 0 saturated carbocycles. The number of methoxy groups -OCH3 is 1. The number of nitrogens with zero attached hydrogens (tertiary/aromatic N) is 3. The van der Waals surface area contributed by atoms with E-state index in [2.05, 4.69) is 4.98 Å². The van der Waals surface area contributed by atoms with Crippen molar-refractivity contribution in [1.82, 2.24) is 4.98 Å². The van der Waals surface area contributed by atoms with Crippen LogP contribution in [0.15, 0.2) is 82.6 Å². The van der Waals surface area contributed by atoms with Gasteiger partial charge in [0.1, 0.15) is 6.04 Å². The zero-order valence-electron chi connectivity index (χ0n) is 19.7. The summed E-state index contributed by atoms with van der Waals surface area (Å²) in [4.78, 5) is 34.8. The first-order chi connectivity index (χ1) is 17.3. The Labute approximate surface area is 212 Å². The molecule has 4 aromatic rings. The highest BCUT2D eigenvalue weighted by molar-refractivity contribution is 6.31. The Balaban J connectivity index is 1.63. The van der Waals surface area contributed by atoms with Gasteiger partial charge in [0.2, 0.25) is 5.78 Å². The Morgan fingerprint density at radius 2 is 1.89 bits per heavy atom. The number of anilines is 2. The molecule has 5 rings (SSSR count). The number of aliphatic hydroxyl groups is 1. The number of carbonyl (C=O) groups excluding carboxylic acids is 2. The minimum absolute atomic E-state index is 0.0642. The molecule has 0 radical (unpaired) electrons. The summed E-state index contributed by atoms with van der Waals surface area (Å²) in [6.45, 7) is 0. The van der Waals surface area contributed by atoms with Crippen molar-refractivity contribution in [3.63, 3.8) is 0 Å². The van der Waals surface area contributed by atoms with Gasteiger partial charge in [-0.3, -0.25) is 19.5 Å². The number of carbonyl (C=O) groups is 2. The van der Waals surface area contributed by atoms with Gasteiger partial charge in [0.05, 0.1) is 18.4 Å². The lowest BCUT2D eigenvalue weighted by Gasteiger charge is -2.26. The monoisotopic (exact) mass is 503 g/mol. The maximum atomic E-state index is 13.8. The topological polar surface area (TPSA) is 96.1 Å². The summed E-state index contributed by atoms with van der Waals surface area (Å²) in [5.41, 5.74) is 2.07. The molecule has 0 bridgehead atoms. The molecule has 0 spiro atoms. The summed E-state index contributed by atoms with van der Waals surface area (Å²) in [6, 6.07) is 16.2. The summed E-state index contributed by atoms with van der Waals surface area (Å²) in [6.07, 6.45) is 1.57. The van der Waals surface area contributed by atoms with Crippen molar-refractivity contribution in [2.75, 3.05) is 31.0 Å². The first-order valence-electron chi connectivity index (χ1n) is 11.1. The minimum Gasteiger partial charge on any atom is -0.503 e. The first-order valence-corrected chi connectivity index (χ1v) is 11.4. The van der Waals surface area contributed by atoms with Crippen LogP contribution in [-0.2, 0) is 4.79 Å². The third kappa shape index (κ3) is 3.85. The van der Waals surface area contributed by atoms with Crippen molar-refractivity contribution in [3.05, 3.63) is 94.7 Å². The molecule has 1 aliphatic rings. The number of ether oxygens (including phenoxy) is 1. The predicted molar refractivity (Wildman–Crippen MR) is 137 cm³/mol. The van der Waals surface area contributed by atoms with E-state index in [-0.39, 0.29) is 11.3 Å². The average molecular weight is 504 g/mol. The molecule has 0 aliphatic carbocycles. The van der Waals surface area contributed by atoms with Crippen molar-refractivity contribution < 1.29 is 23.8 Å². The van der Waals surface area contributed by atoms with E-state index < -0.39 is 23.5 Å². The zero-order chi connectivity index (χ0) is 25.6. The van der Waals surface area contributed by atoms with Gasteiger partial charge in [-0.2, -0.15) is 0 Å². The smallest absolute Gasteiger partial charge is 0.294 e. The second-order valence-corrected chi connectivity index (χ2v) is 8.91. The largest absolute Gasteiger partial charge is 0.503 e. The van der Waals surface area contributed by atoms with Crippen LogP contribution in [0.2, 0.25) is 5.02 Å². The quantitative estimate of drug-likeness (QED) is 0.355. The van der Waals surface area contributed by atoms with Gasteiger partial charge in [0.15, 0.2) is 22.9 Å². The van der Waals surface area contributed by atoms with Gasteiger partial charge in [-0.05, 0) is 48.5 Å². The Kier molecular flexibility index (Phi) is 5.89. The summed E-state index contributed by atoms with van der Waals surface area (Å²) in [7, 11) is 5.29. The van der Waals surface area contributed by atoms with Crippen LogP contribution in [0.4, 0.5) is 11.4 Å². The van der Waals surface area contributed by atoms with Gasteiger partial charge in [-0.1, -0.05) is 17.7 Å². The van der Waals surface area contributed by atoms with Crippen LogP contribution in [-0.4, -0.2) is 43.0 Å². The van der Waals surface area contributed by atoms with Crippen molar-refractivity contribution in [1.29, 1.82) is 0 Å². The summed E-state index contributed by atoms with van der Waals surface area (Å²) < 4.78 is 11.2. The normalized spacial score (nSPS) is 15.6. The Bertz CT molecular complexity index is 1510. The lowest BCUT2D eigenvalue weighted by molar-refractivity contribution is -0.117. The van der Waals surface area contributed by atoms with E-state index in [1.54, 1.807) is 48.7 Å². The first kappa shape index (κ1) is 23.4. The van der Waals surface area contributed by atoms with Gasteiger partial charge in [0.25, 0.3) is 5.91 Å². The number of Topliss-reactive ketones (excluding diaryl/α,β-unsaturated/α-hetero) is 1. The van der Waals surface area contributed by atoms with Crippen LogP contribution in [0.1, 0.15) is 22.3 Å². The maximum absolute atomic E-state index is 13.8. The number of hydrogen-bond acceptors (Lipinski definition) is 7. The van der Waals surface area contributed by atoms with Crippen molar-refractivity contribution in [2.45, 2.75) is 6.04 Å². The SMILES string of the molecule is COc1cc(Cl)cc2cc(C(=O)C3=C(O)C(=O)N(c4ccc(N(C)C)cc4)C3c3ccccn3)oc12. The van der Waals surface area contributed by atoms with Gasteiger partial charge < -0.3 is 19.2 Å². The number of fused-ring (bicyclic) bond motifs is 1. The van der Waals surface area contributed by atoms with E-state index in [9.17, 15) is 14.7 Å². The summed E-state index contributed by atoms with van der Waals surface area (Å²) in [5.74, 6) is -1.70. The molecule has 9 heteroatoms. The molecule has 36 heavy (non-hydrogen) atoms. The third-order valence-electron chi connectivity index (χ3n) is 6.06. The van der Waals surface area contributed by atoms with Crippen LogP contribution in [0.25, 0.3) is 11.0 Å². The van der Waals surface area contributed by atoms with Crippen LogP contribution >= 0.6 is 11.6 Å². The van der Waals surface area contributed by atoms with Crippen molar-refractivity contribution in [3.8, 4) is 5.75 Å². The number of benzene rings is 2. The van der Waals surface area contributed by atoms with E-state index >= 15 is 0 Å². The Morgan fingerprint density at radius 1 is 1.14 bits per heavy atom. The number of halogens is 1. The fourth-order valence-corrected chi connectivity index (χ4v) is 4.53. The van der Waals surface area contributed by atoms with E-state index in [1.807, 2.05) is 31.1 Å². The Hall–Kier alpha value is -4.30. The van der Waals surface area contributed by atoms with E-state index in [0.29, 0.717) is 33.1 Å². The van der Waals surface area contributed by atoms with Crippen molar-refractivity contribution in [2.24, 2.45) is 0 Å². The number of amides is 1. The maximum Gasteiger partial charge on any atom is 0.294 e. The second kappa shape index (κ2) is 9.05. The van der Waals surface area contributed by atoms with Crippen molar-refractivity contribution >= 4 is 45.6 Å². The second-order valence-electron chi connectivity index (χ2n) is 8.47. The molecule has 1 aliphatic heterocycles. The minimum atomic E-state index is -0.963. The highest BCUT2D eigenvalue weighted by Crippen LogP contribution is 2.42. The molecule has 1 atom stereocenters. The third-order valence-corrected chi connectivity index (χ3v) is 6.27. The van der Waals surface area contributed by atoms with Gasteiger partial charge in [-0.15, -0.1) is 0 Å². The van der Waals surface area contributed by atoms with E-state index in [4.69, 9.17) is 20.8 Å². The number of rotatable bonds is 6. The molecule has 8 nitrogen and oxygen atoms in total. The van der Waals surface area contributed by atoms with Gasteiger partial charge in [-0.25, -0.2) is 0 Å². The number of pyridine rings is 1. The molecule has 2 aromatic carbocycles. The van der Waals surface area contributed by atoms with E-state index in [1.165, 1.54) is 18.1 Å². The fraction of sp³-hybridized carbons (Fsp3) is 0.148. The molecular weight excluding hydrogens is 482 g/mol. The zero-order valence-corrected chi connectivity index (χ0v) is 20.5. The average Bonchev–Trinajstić information content (AvgIpc) is 3.42. The molecule has 0 fully saturated rings. The molecular formula is C27H22ClN3O5. The predicted octanol–water partition coefficient (Wildman–Crippen LogP) is 5.34. The molecule has 1 amide bonds. The van der Waals surface area contributed by atoms with Gasteiger partial charge in [0, 0.05) is 48.1 Å². The van der Waals surface area contributed by atoms with Crippen LogP contribution < -0.4 is 14.5 Å². The number of hydrogen-bond donors (Lipinski definition) is 1. The summed E-state index contributed by atoms with van der Waals surface area (Å²) in [5, 5.41) is 11.9. The molecule has 3 heterocycles. The van der Waals surface area contributed by atoms with Crippen LogP contribution in [0.3, 0.4) is 0 Å². The standard InChI is InChI=1S/C27H22ClN3O5/c1-30(2)17-7-9-18(10-8-17)31-23(19-6-4-5-11-29-19)22(25(33)27(31)34)24(32)20-13-15-12-16(28)14-21(35-3)26(15)36-20/h4-14,23,33H,1-3H3. The van der Waals surface area contributed by atoms with Gasteiger partial charge >= 0.3 is 0 Å².